The van der Waals surface area contributed by atoms with Gasteiger partial charge in [0.2, 0.25) is 5.91 Å². The number of carbonyl (C=O) groups is 1. The molecule has 0 aliphatic rings. The van der Waals surface area contributed by atoms with E-state index in [0.717, 1.165) is 22.6 Å². The van der Waals surface area contributed by atoms with E-state index in [4.69, 9.17) is 21.7 Å². The molecule has 2 aromatic rings. The van der Waals surface area contributed by atoms with Gasteiger partial charge in [-0.25, -0.2) is 0 Å². The molecule has 2 aromatic carbocycles. The Labute approximate surface area is 159 Å². The standard InChI is InChI=1S/C20H24N2O3S/c1-3-24-12-13-25-18-10-8-17(9-11-18)21-20(26)22-19(23)14-16-7-5-4-6-15(16)2/h4-11H,3,12-14H2,1-2H3,(H2,21,22,23,26). The highest BCUT2D eigenvalue weighted by atomic mass is 32.1. The number of aryl methyl sites for hydroxylation is 1. The smallest absolute Gasteiger partial charge is 0.230 e. The van der Waals surface area contributed by atoms with E-state index in [1.54, 1.807) is 0 Å². The molecule has 138 valence electrons. The number of hydrogen-bond acceptors (Lipinski definition) is 4. The van der Waals surface area contributed by atoms with Crippen LogP contribution in [0.4, 0.5) is 5.69 Å². The van der Waals surface area contributed by atoms with E-state index in [9.17, 15) is 4.79 Å². The van der Waals surface area contributed by atoms with E-state index >= 15 is 0 Å². The zero-order valence-electron chi connectivity index (χ0n) is 15.1. The predicted molar refractivity (Wildman–Crippen MR) is 108 cm³/mol. The van der Waals surface area contributed by atoms with Crippen LogP contribution in [-0.2, 0) is 16.0 Å². The summed E-state index contributed by atoms with van der Waals surface area (Å²) in [5.41, 5.74) is 2.85. The summed E-state index contributed by atoms with van der Waals surface area (Å²) in [4.78, 5) is 12.1. The summed E-state index contributed by atoms with van der Waals surface area (Å²) >= 11 is 5.20. The van der Waals surface area contributed by atoms with Gasteiger partial charge < -0.3 is 20.1 Å². The molecule has 2 N–H and O–H groups in total. The van der Waals surface area contributed by atoms with Crippen LogP contribution >= 0.6 is 12.2 Å². The van der Waals surface area contributed by atoms with Crippen molar-refractivity contribution in [2.45, 2.75) is 20.3 Å². The molecular formula is C20H24N2O3S. The molecular weight excluding hydrogens is 348 g/mol. The zero-order chi connectivity index (χ0) is 18.8. The Bertz CT molecular complexity index is 732. The van der Waals surface area contributed by atoms with Crippen LogP contribution in [0.5, 0.6) is 5.75 Å². The van der Waals surface area contributed by atoms with Gasteiger partial charge >= 0.3 is 0 Å². The fourth-order valence-electron chi connectivity index (χ4n) is 2.31. The Morgan fingerprint density at radius 3 is 2.50 bits per heavy atom. The molecule has 0 saturated heterocycles. The second kappa shape index (κ2) is 10.5. The first-order valence-electron chi connectivity index (χ1n) is 8.54. The van der Waals surface area contributed by atoms with Crippen LogP contribution in [0.15, 0.2) is 48.5 Å². The normalized spacial score (nSPS) is 10.2. The molecule has 0 saturated carbocycles. The molecule has 6 heteroatoms. The Morgan fingerprint density at radius 2 is 1.81 bits per heavy atom. The number of benzene rings is 2. The van der Waals surface area contributed by atoms with Crippen molar-refractivity contribution in [2.75, 3.05) is 25.1 Å². The number of anilines is 1. The van der Waals surface area contributed by atoms with Gasteiger partial charge in [-0.2, -0.15) is 0 Å². The van der Waals surface area contributed by atoms with Gasteiger partial charge in [-0.15, -0.1) is 0 Å². The molecule has 0 unspecified atom stereocenters. The van der Waals surface area contributed by atoms with Crippen molar-refractivity contribution in [1.29, 1.82) is 0 Å². The van der Waals surface area contributed by atoms with Crippen LogP contribution in [0.1, 0.15) is 18.1 Å². The second-order valence-electron chi connectivity index (χ2n) is 5.68. The van der Waals surface area contributed by atoms with Crippen LogP contribution in [0.3, 0.4) is 0 Å². The van der Waals surface area contributed by atoms with Crippen molar-refractivity contribution in [1.82, 2.24) is 5.32 Å². The summed E-state index contributed by atoms with van der Waals surface area (Å²) in [6.07, 6.45) is 0.293. The lowest BCUT2D eigenvalue weighted by Crippen LogP contribution is -2.35. The minimum atomic E-state index is -0.146. The third-order valence-corrected chi connectivity index (χ3v) is 3.88. The average Bonchev–Trinajstić information content (AvgIpc) is 2.62. The minimum absolute atomic E-state index is 0.146. The van der Waals surface area contributed by atoms with Crippen molar-refractivity contribution < 1.29 is 14.3 Å². The molecule has 0 radical (unpaired) electrons. The highest BCUT2D eigenvalue weighted by molar-refractivity contribution is 7.80. The fraction of sp³-hybridized carbons (Fsp3) is 0.300. The van der Waals surface area contributed by atoms with Crippen LogP contribution in [0.25, 0.3) is 0 Å². The lowest BCUT2D eigenvalue weighted by molar-refractivity contribution is -0.119. The van der Waals surface area contributed by atoms with E-state index in [1.807, 2.05) is 62.4 Å². The van der Waals surface area contributed by atoms with Crippen molar-refractivity contribution in [3.05, 3.63) is 59.7 Å². The molecule has 0 atom stereocenters. The van der Waals surface area contributed by atoms with Crippen LogP contribution in [0.2, 0.25) is 0 Å². The maximum atomic E-state index is 12.1. The van der Waals surface area contributed by atoms with E-state index in [2.05, 4.69) is 10.6 Å². The Hall–Kier alpha value is -2.44. The SMILES string of the molecule is CCOCCOc1ccc(NC(=S)NC(=O)Cc2ccccc2C)cc1. The second-order valence-corrected chi connectivity index (χ2v) is 6.08. The number of rotatable bonds is 8. The lowest BCUT2D eigenvalue weighted by atomic mass is 10.1. The summed E-state index contributed by atoms with van der Waals surface area (Å²) in [7, 11) is 0. The Morgan fingerprint density at radius 1 is 1.08 bits per heavy atom. The van der Waals surface area contributed by atoms with Gasteiger partial charge in [0, 0.05) is 12.3 Å². The third-order valence-electron chi connectivity index (χ3n) is 3.68. The highest BCUT2D eigenvalue weighted by Crippen LogP contribution is 2.15. The van der Waals surface area contributed by atoms with E-state index < -0.39 is 0 Å². The van der Waals surface area contributed by atoms with Gasteiger partial charge in [-0.1, -0.05) is 24.3 Å². The quantitative estimate of drug-likeness (QED) is 0.549. The Kier molecular flexibility index (Phi) is 8.05. The summed E-state index contributed by atoms with van der Waals surface area (Å²) in [5, 5.41) is 5.97. The van der Waals surface area contributed by atoms with E-state index in [-0.39, 0.29) is 11.0 Å². The van der Waals surface area contributed by atoms with Crippen LogP contribution in [0, 0.1) is 6.92 Å². The molecule has 0 spiro atoms. The van der Waals surface area contributed by atoms with E-state index in [0.29, 0.717) is 26.2 Å². The van der Waals surface area contributed by atoms with Crippen molar-refractivity contribution in [3.63, 3.8) is 0 Å². The fourth-order valence-corrected chi connectivity index (χ4v) is 2.54. The summed E-state index contributed by atoms with van der Waals surface area (Å²) in [6, 6.07) is 15.2. The molecule has 0 aromatic heterocycles. The highest BCUT2D eigenvalue weighted by Gasteiger charge is 2.08. The topological polar surface area (TPSA) is 59.6 Å². The molecule has 0 aliphatic heterocycles. The van der Waals surface area contributed by atoms with Crippen molar-refractivity contribution in [3.8, 4) is 5.75 Å². The lowest BCUT2D eigenvalue weighted by Gasteiger charge is -2.11. The summed E-state index contributed by atoms with van der Waals surface area (Å²) < 4.78 is 10.8. The number of amides is 1. The first kappa shape index (κ1) is 19.9. The number of carbonyl (C=O) groups excluding carboxylic acids is 1. The number of ether oxygens (including phenoxy) is 2. The molecule has 2 rings (SSSR count). The number of thiocarbonyl (C=S) groups is 1. The van der Waals surface area contributed by atoms with Gasteiger partial charge in [-0.05, 0) is 61.5 Å². The first-order chi connectivity index (χ1) is 12.6. The third kappa shape index (κ3) is 6.82. The van der Waals surface area contributed by atoms with Crippen molar-refractivity contribution in [2.24, 2.45) is 0 Å². The molecule has 0 bridgehead atoms. The summed E-state index contributed by atoms with van der Waals surface area (Å²) in [6.45, 7) is 5.68. The molecule has 26 heavy (non-hydrogen) atoms. The van der Waals surface area contributed by atoms with Crippen LogP contribution in [-0.4, -0.2) is 30.8 Å². The average molecular weight is 372 g/mol. The van der Waals surface area contributed by atoms with Gasteiger partial charge in [0.05, 0.1) is 13.0 Å². The molecule has 1 amide bonds. The van der Waals surface area contributed by atoms with Gasteiger partial charge in [0.15, 0.2) is 5.11 Å². The molecule has 5 nitrogen and oxygen atoms in total. The van der Waals surface area contributed by atoms with Crippen LogP contribution < -0.4 is 15.4 Å². The Balaban J connectivity index is 1.78. The van der Waals surface area contributed by atoms with Gasteiger partial charge in [0.25, 0.3) is 0 Å². The number of hydrogen-bond donors (Lipinski definition) is 2. The maximum absolute atomic E-state index is 12.1. The minimum Gasteiger partial charge on any atom is -0.491 e. The van der Waals surface area contributed by atoms with E-state index in [1.165, 1.54) is 0 Å². The predicted octanol–water partition coefficient (Wildman–Crippen LogP) is 3.47. The number of nitrogens with one attached hydrogen (secondary N) is 2. The molecule has 0 heterocycles. The molecule has 0 fully saturated rings. The van der Waals surface area contributed by atoms with Crippen molar-refractivity contribution >= 4 is 28.9 Å². The zero-order valence-corrected chi connectivity index (χ0v) is 15.9. The molecule has 0 aliphatic carbocycles. The monoisotopic (exact) mass is 372 g/mol. The summed E-state index contributed by atoms with van der Waals surface area (Å²) in [5.74, 6) is 0.609. The van der Waals surface area contributed by atoms with Gasteiger partial charge in [-0.3, -0.25) is 4.79 Å². The largest absolute Gasteiger partial charge is 0.491 e. The first-order valence-corrected chi connectivity index (χ1v) is 8.95. The maximum Gasteiger partial charge on any atom is 0.230 e. The van der Waals surface area contributed by atoms with Gasteiger partial charge in [0.1, 0.15) is 12.4 Å².